The Hall–Kier alpha value is -2.33. The Morgan fingerprint density at radius 3 is 2.55 bits per heavy atom. The van der Waals surface area contributed by atoms with Gasteiger partial charge in [-0.15, -0.1) is 0 Å². The molecule has 1 aliphatic heterocycles. The Morgan fingerprint density at radius 2 is 1.87 bits per heavy atom. The maximum atomic E-state index is 13.5. The highest BCUT2D eigenvalue weighted by Gasteiger charge is 2.41. The Bertz CT molecular complexity index is 1060. The van der Waals surface area contributed by atoms with E-state index in [0.29, 0.717) is 42.2 Å². The van der Waals surface area contributed by atoms with Crippen LogP contribution < -0.4 is 5.32 Å². The average molecular weight is 448 g/mol. The minimum atomic E-state index is -3.85. The number of aryl methyl sites for hydroxylation is 3. The van der Waals surface area contributed by atoms with Crippen molar-refractivity contribution in [3.63, 3.8) is 0 Å². The summed E-state index contributed by atoms with van der Waals surface area (Å²) in [6.07, 6.45) is 8.12. The van der Waals surface area contributed by atoms with E-state index >= 15 is 0 Å². The molecule has 3 heterocycles. The van der Waals surface area contributed by atoms with E-state index < -0.39 is 16.1 Å². The Balaban J connectivity index is 1.68. The second kappa shape index (κ2) is 8.66. The number of carbonyl (C=O) groups is 1. The summed E-state index contributed by atoms with van der Waals surface area (Å²) in [6, 6.07) is -0.395. The Morgan fingerprint density at radius 1 is 1.13 bits per heavy atom. The molecule has 0 aromatic carbocycles. The van der Waals surface area contributed by atoms with Gasteiger partial charge in [0.05, 0.1) is 17.3 Å². The highest BCUT2D eigenvalue weighted by atomic mass is 32.2. The van der Waals surface area contributed by atoms with Crippen molar-refractivity contribution in [3.05, 3.63) is 34.7 Å². The van der Waals surface area contributed by atoms with Gasteiger partial charge in [0.25, 0.3) is 5.91 Å². The summed E-state index contributed by atoms with van der Waals surface area (Å²) >= 11 is 0. The van der Waals surface area contributed by atoms with Gasteiger partial charge in [0.2, 0.25) is 10.0 Å². The van der Waals surface area contributed by atoms with Gasteiger partial charge in [0, 0.05) is 18.8 Å². The molecule has 1 saturated carbocycles. The van der Waals surface area contributed by atoms with E-state index in [1.165, 1.54) is 16.9 Å². The SMILES string of the molecule is Cc1ncc(C(=O)NC2CCCCC2)c([C@@H]2CCCN2S(=O)(=O)c2c(C)noc2C)n1. The standard InChI is InChI=1S/C21H29N5O4S/c1-13-20(14(2)30-25-13)31(28,29)26-11-7-10-18(26)19-17(12-22-15(3)23-19)21(27)24-16-8-5-4-6-9-16/h12,16,18H,4-11H2,1-3H3,(H,24,27)/t18-/m0/s1. The van der Waals surface area contributed by atoms with Crippen LogP contribution >= 0.6 is 0 Å². The summed E-state index contributed by atoms with van der Waals surface area (Å²) in [7, 11) is -3.85. The van der Waals surface area contributed by atoms with Gasteiger partial charge < -0.3 is 9.84 Å². The summed E-state index contributed by atoms with van der Waals surface area (Å²) in [5, 5.41) is 6.91. The Kier molecular flexibility index (Phi) is 6.11. The van der Waals surface area contributed by atoms with Crippen molar-refractivity contribution in [2.75, 3.05) is 6.54 Å². The summed E-state index contributed by atoms with van der Waals surface area (Å²) in [6.45, 7) is 5.31. The fourth-order valence-corrected chi connectivity index (χ4v) is 6.64. The molecule has 4 rings (SSSR count). The molecule has 9 nitrogen and oxygen atoms in total. The predicted molar refractivity (Wildman–Crippen MR) is 113 cm³/mol. The molecule has 1 N–H and O–H groups in total. The van der Waals surface area contributed by atoms with E-state index in [2.05, 4.69) is 20.4 Å². The van der Waals surface area contributed by atoms with Crippen molar-refractivity contribution < 1.29 is 17.7 Å². The third-order valence-electron chi connectivity index (χ3n) is 6.18. The number of amides is 1. The van der Waals surface area contributed by atoms with Crippen LogP contribution in [-0.4, -0.2) is 46.3 Å². The molecule has 2 fully saturated rings. The van der Waals surface area contributed by atoms with Crippen LogP contribution in [0, 0.1) is 20.8 Å². The molecule has 2 aromatic rings. The van der Waals surface area contributed by atoms with E-state index in [0.717, 1.165) is 25.7 Å². The second-order valence-corrected chi connectivity index (χ2v) is 10.3. The molecular weight excluding hydrogens is 418 g/mol. The molecule has 31 heavy (non-hydrogen) atoms. The molecule has 1 atom stereocenters. The fraction of sp³-hybridized carbons (Fsp3) is 0.619. The van der Waals surface area contributed by atoms with Gasteiger partial charge in [-0.25, -0.2) is 18.4 Å². The number of aromatic nitrogens is 3. The van der Waals surface area contributed by atoms with Crippen LogP contribution in [-0.2, 0) is 10.0 Å². The first-order chi connectivity index (χ1) is 14.8. The number of sulfonamides is 1. The predicted octanol–water partition coefficient (Wildman–Crippen LogP) is 2.98. The smallest absolute Gasteiger partial charge is 0.254 e. The lowest BCUT2D eigenvalue weighted by atomic mass is 9.95. The number of nitrogens with one attached hydrogen (secondary N) is 1. The van der Waals surface area contributed by atoms with Crippen molar-refractivity contribution in [1.29, 1.82) is 0 Å². The lowest BCUT2D eigenvalue weighted by molar-refractivity contribution is 0.0924. The van der Waals surface area contributed by atoms with Gasteiger partial charge in [-0.3, -0.25) is 4.79 Å². The van der Waals surface area contributed by atoms with Gasteiger partial charge in [-0.05, 0) is 46.5 Å². The van der Waals surface area contributed by atoms with E-state index in [1.54, 1.807) is 20.8 Å². The molecule has 0 spiro atoms. The summed E-state index contributed by atoms with van der Waals surface area (Å²) in [5.74, 6) is 0.534. The zero-order valence-corrected chi connectivity index (χ0v) is 19.0. The number of rotatable bonds is 5. The third kappa shape index (κ3) is 4.23. The van der Waals surface area contributed by atoms with Gasteiger partial charge in [0.15, 0.2) is 5.76 Å². The molecule has 0 radical (unpaired) electrons. The van der Waals surface area contributed by atoms with Crippen LogP contribution in [0.25, 0.3) is 0 Å². The zero-order chi connectivity index (χ0) is 22.2. The molecule has 10 heteroatoms. The molecule has 0 bridgehead atoms. The van der Waals surface area contributed by atoms with Gasteiger partial charge in [-0.1, -0.05) is 24.4 Å². The molecule has 0 unspecified atom stereocenters. The maximum absolute atomic E-state index is 13.5. The van der Waals surface area contributed by atoms with Crippen molar-refractivity contribution in [2.45, 2.75) is 82.7 Å². The normalized spacial score (nSPS) is 20.8. The quantitative estimate of drug-likeness (QED) is 0.748. The number of hydrogen-bond acceptors (Lipinski definition) is 7. The molecule has 2 aliphatic rings. The van der Waals surface area contributed by atoms with Crippen LogP contribution in [0.15, 0.2) is 15.6 Å². The summed E-state index contributed by atoms with van der Waals surface area (Å²) in [4.78, 5) is 22.0. The molecule has 2 aromatic heterocycles. The largest absolute Gasteiger partial charge is 0.360 e. The van der Waals surface area contributed by atoms with Crippen molar-refractivity contribution in [3.8, 4) is 0 Å². The first-order valence-corrected chi connectivity index (χ1v) is 12.3. The zero-order valence-electron chi connectivity index (χ0n) is 18.2. The fourth-order valence-electron chi connectivity index (χ4n) is 4.69. The minimum Gasteiger partial charge on any atom is -0.360 e. The van der Waals surface area contributed by atoms with Crippen molar-refractivity contribution in [1.82, 2.24) is 24.7 Å². The van der Waals surface area contributed by atoms with Gasteiger partial charge in [0.1, 0.15) is 16.4 Å². The summed E-state index contributed by atoms with van der Waals surface area (Å²) < 4.78 is 33.5. The van der Waals surface area contributed by atoms with E-state index in [1.807, 2.05) is 0 Å². The van der Waals surface area contributed by atoms with Crippen LogP contribution in [0.4, 0.5) is 0 Å². The minimum absolute atomic E-state index is 0.0957. The lowest BCUT2D eigenvalue weighted by Gasteiger charge is -2.26. The lowest BCUT2D eigenvalue weighted by Crippen LogP contribution is -2.38. The Labute approximate surface area is 182 Å². The highest BCUT2D eigenvalue weighted by Crippen LogP contribution is 2.38. The third-order valence-corrected chi connectivity index (χ3v) is 8.33. The van der Waals surface area contributed by atoms with Gasteiger partial charge >= 0.3 is 0 Å². The van der Waals surface area contributed by atoms with E-state index in [-0.39, 0.29) is 22.6 Å². The monoisotopic (exact) mass is 447 g/mol. The molecule has 1 amide bonds. The molecule has 1 saturated heterocycles. The van der Waals surface area contributed by atoms with Crippen LogP contribution in [0.2, 0.25) is 0 Å². The van der Waals surface area contributed by atoms with E-state index in [4.69, 9.17) is 4.52 Å². The number of hydrogen-bond donors (Lipinski definition) is 1. The van der Waals surface area contributed by atoms with Crippen molar-refractivity contribution >= 4 is 15.9 Å². The van der Waals surface area contributed by atoms with E-state index in [9.17, 15) is 13.2 Å². The van der Waals surface area contributed by atoms with Crippen LogP contribution in [0.1, 0.15) is 84.3 Å². The first-order valence-electron chi connectivity index (χ1n) is 10.9. The molecule has 168 valence electrons. The number of nitrogens with zero attached hydrogens (tertiary/aromatic N) is 4. The van der Waals surface area contributed by atoms with Crippen LogP contribution in [0.5, 0.6) is 0 Å². The van der Waals surface area contributed by atoms with Crippen LogP contribution in [0.3, 0.4) is 0 Å². The molecular formula is C21H29N5O4S. The maximum Gasteiger partial charge on any atom is 0.254 e. The average Bonchev–Trinajstić information content (AvgIpc) is 3.36. The highest BCUT2D eigenvalue weighted by molar-refractivity contribution is 7.89. The number of carbonyl (C=O) groups excluding carboxylic acids is 1. The van der Waals surface area contributed by atoms with Crippen molar-refractivity contribution in [2.24, 2.45) is 0 Å². The summed E-state index contributed by atoms with van der Waals surface area (Å²) in [5.41, 5.74) is 1.15. The first kappa shape index (κ1) is 21.9. The second-order valence-electron chi connectivity index (χ2n) is 8.45. The molecule has 1 aliphatic carbocycles. The topological polar surface area (TPSA) is 118 Å². The van der Waals surface area contributed by atoms with Gasteiger partial charge in [-0.2, -0.15) is 4.31 Å².